The first-order valence-electron chi connectivity index (χ1n) is 8.30. The van der Waals surface area contributed by atoms with Crippen molar-refractivity contribution in [2.45, 2.75) is 11.3 Å². The molecule has 3 aromatic rings. The molecule has 1 unspecified atom stereocenters. The number of sulfonamides is 1. The van der Waals surface area contributed by atoms with Crippen molar-refractivity contribution in [1.29, 1.82) is 5.26 Å². The van der Waals surface area contributed by atoms with Gasteiger partial charge in [-0.2, -0.15) is 23.2 Å². The number of halogens is 3. The van der Waals surface area contributed by atoms with Crippen LogP contribution < -0.4 is 9.25 Å². The van der Waals surface area contributed by atoms with Gasteiger partial charge in [0.15, 0.2) is 11.5 Å². The standard InChI is InChI=1S/C17H12F3N2O8PS/c18-17(19,20)12-5-11(2-1-9(12)7-21)30-31(25,26)8-22-32(27,28)16-4-10-3-13(23)14(24)6-15(10)29-16/h1-6,22-24H,8H2,(H,25,26). The number of alkyl halides is 3. The van der Waals surface area contributed by atoms with Crippen LogP contribution in [0.2, 0.25) is 0 Å². The highest BCUT2D eigenvalue weighted by atomic mass is 32.2. The van der Waals surface area contributed by atoms with Crippen LogP contribution in [0.25, 0.3) is 11.0 Å². The number of aromatic hydroxyl groups is 2. The van der Waals surface area contributed by atoms with Crippen LogP contribution in [0.15, 0.2) is 45.9 Å². The van der Waals surface area contributed by atoms with Crippen LogP contribution >= 0.6 is 7.60 Å². The van der Waals surface area contributed by atoms with E-state index in [1.165, 1.54) is 6.07 Å². The van der Waals surface area contributed by atoms with E-state index in [9.17, 15) is 41.3 Å². The quantitative estimate of drug-likeness (QED) is 0.298. The van der Waals surface area contributed by atoms with Crippen molar-refractivity contribution in [3.63, 3.8) is 0 Å². The summed E-state index contributed by atoms with van der Waals surface area (Å²) in [7, 11) is -9.37. The normalized spacial score (nSPS) is 14.1. The molecule has 0 saturated carbocycles. The topological polar surface area (TPSA) is 170 Å². The van der Waals surface area contributed by atoms with Gasteiger partial charge >= 0.3 is 13.8 Å². The lowest BCUT2D eigenvalue weighted by Crippen LogP contribution is -2.25. The Morgan fingerprint density at radius 3 is 2.44 bits per heavy atom. The molecule has 15 heteroatoms. The van der Waals surface area contributed by atoms with Gasteiger partial charge in [0, 0.05) is 17.5 Å². The Bertz CT molecular complexity index is 1360. The molecule has 0 aliphatic rings. The van der Waals surface area contributed by atoms with Crippen molar-refractivity contribution in [3.05, 3.63) is 47.5 Å². The summed E-state index contributed by atoms with van der Waals surface area (Å²) in [5.74, 6) is -1.82. The zero-order valence-corrected chi connectivity index (χ0v) is 17.2. The molecule has 0 aliphatic carbocycles. The molecular formula is C17H12F3N2O8PS. The largest absolute Gasteiger partial charge is 0.504 e. The summed E-state index contributed by atoms with van der Waals surface area (Å²) < 4.78 is 87.3. The molecule has 1 aromatic heterocycles. The molecular weight excluding hydrogens is 480 g/mol. The Hall–Kier alpha value is -3.24. The molecule has 0 spiro atoms. The third-order valence-electron chi connectivity index (χ3n) is 3.98. The van der Waals surface area contributed by atoms with E-state index in [0.29, 0.717) is 6.07 Å². The summed E-state index contributed by atoms with van der Waals surface area (Å²) in [6.07, 6.45) is -6.17. The van der Waals surface area contributed by atoms with Gasteiger partial charge < -0.3 is 24.0 Å². The number of furan rings is 1. The second-order valence-electron chi connectivity index (χ2n) is 6.30. The molecule has 2 aromatic carbocycles. The Morgan fingerprint density at radius 1 is 1.16 bits per heavy atom. The number of phenolic OH excluding ortho intramolecular Hbond substituents is 2. The molecule has 0 amide bonds. The van der Waals surface area contributed by atoms with Gasteiger partial charge in [0.05, 0.1) is 17.2 Å². The molecule has 10 nitrogen and oxygen atoms in total. The van der Waals surface area contributed by atoms with Gasteiger partial charge in [-0.05, 0) is 24.3 Å². The number of nitrogens with zero attached hydrogens (tertiary/aromatic N) is 1. The average molecular weight is 492 g/mol. The van der Waals surface area contributed by atoms with Crippen molar-refractivity contribution >= 4 is 28.6 Å². The van der Waals surface area contributed by atoms with Gasteiger partial charge in [-0.3, -0.25) is 0 Å². The number of nitrogens with one attached hydrogen (secondary N) is 1. The fraction of sp³-hybridized carbons (Fsp3) is 0.118. The van der Waals surface area contributed by atoms with Crippen LogP contribution in [-0.4, -0.2) is 29.8 Å². The number of hydrogen-bond donors (Lipinski definition) is 4. The number of phenols is 2. The fourth-order valence-corrected chi connectivity index (χ4v) is 4.98. The number of benzene rings is 2. The molecule has 32 heavy (non-hydrogen) atoms. The van der Waals surface area contributed by atoms with Crippen molar-refractivity contribution in [3.8, 4) is 23.3 Å². The zero-order chi connectivity index (χ0) is 23.9. The predicted octanol–water partition coefficient (Wildman–Crippen LogP) is 3.23. The second-order valence-corrected chi connectivity index (χ2v) is 9.77. The number of hydrogen-bond acceptors (Lipinski definition) is 8. The molecule has 1 atom stereocenters. The highest BCUT2D eigenvalue weighted by molar-refractivity contribution is 7.89. The molecule has 0 fully saturated rings. The van der Waals surface area contributed by atoms with Crippen molar-refractivity contribution in [2.24, 2.45) is 0 Å². The lowest BCUT2D eigenvalue weighted by molar-refractivity contribution is -0.137. The lowest BCUT2D eigenvalue weighted by atomic mass is 10.1. The van der Waals surface area contributed by atoms with Gasteiger partial charge in [0.1, 0.15) is 17.6 Å². The fourth-order valence-electron chi connectivity index (χ4n) is 2.52. The third kappa shape index (κ3) is 4.97. The predicted molar refractivity (Wildman–Crippen MR) is 101 cm³/mol. The maximum atomic E-state index is 13.0. The van der Waals surface area contributed by atoms with E-state index >= 15 is 0 Å². The van der Waals surface area contributed by atoms with E-state index in [0.717, 1.165) is 30.3 Å². The summed E-state index contributed by atoms with van der Waals surface area (Å²) in [5.41, 5.74) is -2.24. The SMILES string of the molecule is N#Cc1ccc(OP(=O)(O)CNS(=O)(=O)c2cc3cc(O)c(O)cc3o2)cc1C(F)(F)F. The zero-order valence-electron chi connectivity index (χ0n) is 15.5. The molecule has 3 rings (SSSR count). The lowest BCUT2D eigenvalue weighted by Gasteiger charge is -2.16. The van der Waals surface area contributed by atoms with Gasteiger partial charge in [-0.1, -0.05) is 0 Å². The average Bonchev–Trinajstić information content (AvgIpc) is 3.10. The molecule has 0 aliphatic heterocycles. The van der Waals surface area contributed by atoms with E-state index in [4.69, 9.17) is 9.68 Å². The molecule has 170 valence electrons. The van der Waals surface area contributed by atoms with Crippen LogP contribution in [0.4, 0.5) is 13.2 Å². The molecule has 1 heterocycles. The molecule has 0 radical (unpaired) electrons. The first-order chi connectivity index (χ1) is 14.7. The molecule has 0 bridgehead atoms. The van der Waals surface area contributed by atoms with Gasteiger partial charge in [-0.15, -0.1) is 0 Å². The van der Waals surface area contributed by atoms with E-state index in [1.807, 2.05) is 0 Å². The minimum Gasteiger partial charge on any atom is -0.504 e. The summed E-state index contributed by atoms with van der Waals surface area (Å²) in [5, 5.41) is 27.0. The Morgan fingerprint density at radius 2 is 1.81 bits per heavy atom. The Kier molecular flexibility index (Phi) is 5.88. The van der Waals surface area contributed by atoms with Crippen molar-refractivity contribution < 1.29 is 50.2 Å². The number of fused-ring (bicyclic) bond motifs is 1. The first kappa shape index (κ1) is 23.4. The maximum absolute atomic E-state index is 13.0. The van der Waals surface area contributed by atoms with E-state index in [-0.39, 0.29) is 11.0 Å². The molecule has 0 saturated heterocycles. The minimum absolute atomic E-state index is 0.0985. The van der Waals surface area contributed by atoms with Crippen LogP contribution in [-0.2, 0) is 20.8 Å². The van der Waals surface area contributed by atoms with Gasteiger partial charge in [0.2, 0.25) is 5.09 Å². The Labute approximate surface area is 177 Å². The van der Waals surface area contributed by atoms with Crippen molar-refractivity contribution in [1.82, 2.24) is 4.72 Å². The highest BCUT2D eigenvalue weighted by Gasteiger charge is 2.35. The second kappa shape index (κ2) is 8.03. The van der Waals surface area contributed by atoms with E-state index in [2.05, 4.69) is 4.52 Å². The molecule has 4 N–H and O–H groups in total. The van der Waals surface area contributed by atoms with E-state index < -0.39 is 63.5 Å². The van der Waals surface area contributed by atoms with Crippen molar-refractivity contribution in [2.75, 3.05) is 6.29 Å². The van der Waals surface area contributed by atoms with Crippen LogP contribution in [0, 0.1) is 11.3 Å². The minimum atomic E-state index is -4.93. The summed E-state index contributed by atoms with van der Waals surface area (Å²) in [4.78, 5) is 9.87. The van der Waals surface area contributed by atoms with Crippen LogP contribution in [0.5, 0.6) is 17.2 Å². The highest BCUT2D eigenvalue weighted by Crippen LogP contribution is 2.44. The first-order valence-corrected chi connectivity index (χ1v) is 11.5. The summed E-state index contributed by atoms with van der Waals surface area (Å²) in [6, 6.07) is 6.21. The summed E-state index contributed by atoms with van der Waals surface area (Å²) in [6.45, 7) is 0. The third-order valence-corrected chi connectivity index (χ3v) is 6.50. The van der Waals surface area contributed by atoms with E-state index in [1.54, 1.807) is 4.72 Å². The summed E-state index contributed by atoms with van der Waals surface area (Å²) >= 11 is 0. The number of nitriles is 1. The van der Waals surface area contributed by atoms with Gasteiger partial charge in [-0.25, -0.2) is 13.0 Å². The van der Waals surface area contributed by atoms with Crippen LogP contribution in [0.1, 0.15) is 11.1 Å². The monoisotopic (exact) mass is 492 g/mol. The van der Waals surface area contributed by atoms with Crippen LogP contribution in [0.3, 0.4) is 0 Å². The Balaban J connectivity index is 1.79. The smallest absolute Gasteiger partial charge is 0.417 e. The number of rotatable bonds is 6. The van der Waals surface area contributed by atoms with Gasteiger partial charge in [0.25, 0.3) is 10.0 Å². The maximum Gasteiger partial charge on any atom is 0.417 e.